The van der Waals surface area contributed by atoms with Crippen LogP contribution in [0.25, 0.3) is 0 Å². The van der Waals surface area contributed by atoms with Crippen LogP contribution in [-0.2, 0) is 20.9 Å². The fraction of sp³-hybridized carbons (Fsp3) is 0.667. The zero-order valence-electron chi connectivity index (χ0n) is 14.9. The van der Waals surface area contributed by atoms with Gasteiger partial charge < -0.3 is 14.5 Å². The molecule has 3 heterocycles. The van der Waals surface area contributed by atoms with Gasteiger partial charge in [0.15, 0.2) is 0 Å². The molecule has 7 heteroatoms. The van der Waals surface area contributed by atoms with Crippen LogP contribution in [0.15, 0.2) is 17.5 Å². The Morgan fingerprint density at radius 2 is 2.04 bits per heavy atom. The van der Waals surface area contributed by atoms with Gasteiger partial charge in [-0.2, -0.15) is 0 Å². The predicted molar refractivity (Wildman–Crippen MR) is 97.4 cm³/mol. The first-order chi connectivity index (χ1) is 12.1. The Labute approximate surface area is 153 Å². The summed E-state index contributed by atoms with van der Waals surface area (Å²) in [7, 11) is 0. The molecular formula is C18H27N3O3S. The molecule has 0 N–H and O–H groups in total. The number of carbonyl (C=O) groups is 2. The van der Waals surface area contributed by atoms with Gasteiger partial charge in [0.05, 0.1) is 12.6 Å². The maximum Gasteiger partial charge on any atom is 0.236 e. The lowest BCUT2D eigenvalue weighted by Gasteiger charge is -2.35. The molecule has 1 unspecified atom stereocenters. The Balaban J connectivity index is 1.55. The quantitative estimate of drug-likeness (QED) is 0.765. The molecule has 0 spiro atoms. The second kappa shape index (κ2) is 8.78. The highest BCUT2D eigenvalue weighted by atomic mass is 32.1. The van der Waals surface area contributed by atoms with Gasteiger partial charge in [-0.05, 0) is 24.3 Å². The summed E-state index contributed by atoms with van der Waals surface area (Å²) in [6.45, 7) is 6.96. The highest BCUT2D eigenvalue weighted by Crippen LogP contribution is 2.17. The van der Waals surface area contributed by atoms with Gasteiger partial charge in [0.1, 0.15) is 0 Å². The molecule has 2 aliphatic rings. The van der Waals surface area contributed by atoms with Crippen molar-refractivity contribution in [2.24, 2.45) is 0 Å². The first-order valence-electron chi connectivity index (χ1n) is 9.01. The van der Waals surface area contributed by atoms with Crippen LogP contribution in [-0.4, -0.2) is 78.5 Å². The summed E-state index contributed by atoms with van der Waals surface area (Å²) in [4.78, 5) is 31.3. The number of hydrogen-bond donors (Lipinski definition) is 0. The Bertz CT molecular complexity index is 564. The lowest BCUT2D eigenvalue weighted by atomic mass is 10.2. The molecule has 2 fully saturated rings. The van der Waals surface area contributed by atoms with E-state index in [4.69, 9.17) is 4.74 Å². The van der Waals surface area contributed by atoms with Crippen molar-refractivity contribution in [1.29, 1.82) is 0 Å². The van der Waals surface area contributed by atoms with Gasteiger partial charge in [-0.25, -0.2) is 0 Å². The molecule has 2 aliphatic heterocycles. The molecule has 25 heavy (non-hydrogen) atoms. The normalized spacial score (nSPS) is 21.1. The van der Waals surface area contributed by atoms with E-state index in [1.807, 2.05) is 11.0 Å². The molecule has 0 radical (unpaired) electrons. The van der Waals surface area contributed by atoms with Crippen molar-refractivity contribution in [1.82, 2.24) is 14.7 Å². The number of thiophene rings is 1. The van der Waals surface area contributed by atoms with E-state index in [1.165, 1.54) is 4.88 Å². The van der Waals surface area contributed by atoms with Crippen LogP contribution in [0.2, 0.25) is 0 Å². The molecule has 1 aromatic heterocycles. The molecule has 0 aromatic carbocycles. The highest BCUT2D eigenvalue weighted by Gasteiger charge is 2.26. The third-order valence-corrected chi connectivity index (χ3v) is 5.74. The van der Waals surface area contributed by atoms with Crippen molar-refractivity contribution in [2.45, 2.75) is 32.4 Å². The Kier molecular flexibility index (Phi) is 6.45. The van der Waals surface area contributed by atoms with Crippen molar-refractivity contribution in [3.05, 3.63) is 22.4 Å². The van der Waals surface area contributed by atoms with Crippen molar-refractivity contribution in [2.75, 3.05) is 45.9 Å². The number of piperazine rings is 1. The lowest BCUT2D eigenvalue weighted by molar-refractivity contribution is -0.139. The Morgan fingerprint density at radius 1 is 1.28 bits per heavy atom. The van der Waals surface area contributed by atoms with E-state index in [0.29, 0.717) is 32.7 Å². The van der Waals surface area contributed by atoms with Gasteiger partial charge >= 0.3 is 0 Å². The zero-order valence-corrected chi connectivity index (χ0v) is 15.7. The number of rotatable bonds is 6. The third kappa shape index (κ3) is 5.26. The zero-order chi connectivity index (χ0) is 17.6. The van der Waals surface area contributed by atoms with E-state index in [1.54, 1.807) is 23.2 Å². The van der Waals surface area contributed by atoms with E-state index >= 15 is 0 Å². The molecule has 3 rings (SSSR count). The third-order valence-electron chi connectivity index (χ3n) is 4.88. The predicted octanol–water partition coefficient (Wildman–Crippen LogP) is 1.42. The maximum absolute atomic E-state index is 12.7. The average Bonchev–Trinajstić information content (AvgIpc) is 3.29. The summed E-state index contributed by atoms with van der Waals surface area (Å²) in [5, 5.41) is 2.07. The van der Waals surface area contributed by atoms with Crippen LogP contribution >= 0.6 is 11.3 Å². The summed E-state index contributed by atoms with van der Waals surface area (Å²) < 4.78 is 5.76. The van der Waals surface area contributed by atoms with Crippen LogP contribution in [0.1, 0.15) is 24.6 Å². The summed E-state index contributed by atoms with van der Waals surface area (Å²) >= 11 is 1.72. The summed E-state index contributed by atoms with van der Waals surface area (Å²) in [5.74, 6) is 0.238. The van der Waals surface area contributed by atoms with E-state index in [2.05, 4.69) is 16.3 Å². The number of amides is 2. The van der Waals surface area contributed by atoms with Gasteiger partial charge in [0, 0.05) is 57.7 Å². The van der Waals surface area contributed by atoms with E-state index in [9.17, 15) is 9.59 Å². The molecule has 6 nitrogen and oxygen atoms in total. The molecule has 2 saturated heterocycles. The monoisotopic (exact) mass is 365 g/mol. The molecule has 0 bridgehead atoms. The Hall–Kier alpha value is -1.44. The van der Waals surface area contributed by atoms with Crippen LogP contribution in [0.3, 0.4) is 0 Å². The molecule has 0 saturated carbocycles. The molecule has 1 aromatic rings. The lowest BCUT2D eigenvalue weighted by Crippen LogP contribution is -2.52. The van der Waals surface area contributed by atoms with Crippen LogP contribution in [0.5, 0.6) is 0 Å². The first-order valence-corrected chi connectivity index (χ1v) is 9.89. The smallest absolute Gasteiger partial charge is 0.236 e. The minimum Gasteiger partial charge on any atom is -0.377 e. The molecule has 1 atom stereocenters. The Morgan fingerprint density at radius 3 is 2.64 bits per heavy atom. The topological polar surface area (TPSA) is 53.1 Å². The molecule has 0 aliphatic carbocycles. The molecule has 2 amide bonds. The van der Waals surface area contributed by atoms with Gasteiger partial charge in [0.2, 0.25) is 11.8 Å². The maximum atomic E-state index is 12.7. The number of hydrogen-bond acceptors (Lipinski definition) is 5. The second-order valence-electron chi connectivity index (χ2n) is 6.77. The standard InChI is InChI=1S/C18H27N3O3S/c1-15(22)20-6-8-21(9-7-20)18(23)14-19(12-16-4-2-10-24-16)13-17-5-3-11-25-17/h3,5,11,16H,2,4,6-10,12-14H2,1H3. The average molecular weight is 365 g/mol. The summed E-state index contributed by atoms with van der Waals surface area (Å²) in [5.41, 5.74) is 0. The summed E-state index contributed by atoms with van der Waals surface area (Å²) in [6, 6.07) is 4.16. The van der Waals surface area contributed by atoms with Gasteiger partial charge in [-0.3, -0.25) is 14.5 Å². The van der Waals surface area contributed by atoms with E-state index in [-0.39, 0.29) is 17.9 Å². The SMILES string of the molecule is CC(=O)N1CCN(C(=O)CN(Cc2cccs2)CC2CCCO2)CC1. The number of nitrogens with zero attached hydrogens (tertiary/aromatic N) is 3. The van der Waals surface area contributed by atoms with Crippen molar-refractivity contribution in [3.63, 3.8) is 0 Å². The largest absolute Gasteiger partial charge is 0.377 e. The second-order valence-corrected chi connectivity index (χ2v) is 7.80. The van der Waals surface area contributed by atoms with Crippen molar-refractivity contribution in [3.8, 4) is 0 Å². The fourth-order valence-corrected chi connectivity index (χ4v) is 4.19. The van der Waals surface area contributed by atoms with E-state index < -0.39 is 0 Å². The fourth-order valence-electron chi connectivity index (χ4n) is 3.45. The van der Waals surface area contributed by atoms with E-state index in [0.717, 1.165) is 32.5 Å². The minimum absolute atomic E-state index is 0.0878. The van der Waals surface area contributed by atoms with Crippen LogP contribution < -0.4 is 0 Å². The minimum atomic E-state index is 0.0878. The molecular weight excluding hydrogens is 338 g/mol. The summed E-state index contributed by atoms with van der Waals surface area (Å²) in [6.07, 6.45) is 2.42. The first kappa shape index (κ1) is 18.4. The van der Waals surface area contributed by atoms with Crippen molar-refractivity contribution < 1.29 is 14.3 Å². The number of ether oxygens (including phenoxy) is 1. The van der Waals surface area contributed by atoms with Crippen molar-refractivity contribution >= 4 is 23.2 Å². The van der Waals surface area contributed by atoms with Crippen LogP contribution in [0.4, 0.5) is 0 Å². The molecule has 138 valence electrons. The van der Waals surface area contributed by atoms with Gasteiger partial charge in [-0.15, -0.1) is 11.3 Å². The van der Waals surface area contributed by atoms with Gasteiger partial charge in [0.25, 0.3) is 0 Å². The van der Waals surface area contributed by atoms with Crippen LogP contribution in [0, 0.1) is 0 Å². The highest BCUT2D eigenvalue weighted by molar-refractivity contribution is 7.09. The number of carbonyl (C=O) groups excluding carboxylic acids is 2. The van der Waals surface area contributed by atoms with Gasteiger partial charge in [-0.1, -0.05) is 6.07 Å².